The van der Waals surface area contributed by atoms with E-state index in [0.29, 0.717) is 34.5 Å². The Morgan fingerprint density at radius 2 is 2.00 bits per heavy atom. The molecule has 0 aliphatic heterocycles. The van der Waals surface area contributed by atoms with Crippen LogP contribution in [0.4, 0.5) is 0 Å². The molecule has 7 heteroatoms. The van der Waals surface area contributed by atoms with Gasteiger partial charge in [-0.25, -0.2) is 0 Å². The number of nitrogens with one attached hydrogen (secondary N) is 1. The molecule has 0 aliphatic rings. The third kappa shape index (κ3) is 5.55. The molecule has 0 saturated heterocycles. The van der Waals surface area contributed by atoms with Gasteiger partial charge in [0.15, 0.2) is 11.5 Å². The fourth-order valence-electron chi connectivity index (χ4n) is 2.30. The molecule has 5 nitrogen and oxygen atoms in total. The van der Waals surface area contributed by atoms with Gasteiger partial charge in [0.05, 0.1) is 18.2 Å². The highest BCUT2D eigenvalue weighted by Crippen LogP contribution is 2.37. The van der Waals surface area contributed by atoms with Gasteiger partial charge in [0.2, 0.25) is 5.91 Å². The first-order valence-corrected chi connectivity index (χ1v) is 8.67. The lowest BCUT2D eigenvalue weighted by Crippen LogP contribution is -2.24. The second-order valence-electron chi connectivity index (χ2n) is 5.42. The molecule has 0 unspecified atom stereocenters. The monoisotopic (exact) mass is 392 g/mol. The fourth-order valence-corrected chi connectivity index (χ4v) is 2.78. The Morgan fingerprint density at radius 3 is 2.69 bits per heavy atom. The van der Waals surface area contributed by atoms with E-state index in [1.165, 1.54) is 7.11 Å². The highest BCUT2D eigenvalue weighted by molar-refractivity contribution is 6.32. The van der Waals surface area contributed by atoms with Gasteiger partial charge in [-0.3, -0.25) is 4.79 Å². The number of halogens is 2. The molecule has 136 valence electrons. The molecule has 2 rings (SSSR count). The van der Waals surface area contributed by atoms with E-state index in [-0.39, 0.29) is 18.9 Å². The van der Waals surface area contributed by atoms with Crippen molar-refractivity contribution in [2.75, 3.05) is 13.7 Å². The lowest BCUT2D eigenvalue weighted by Gasteiger charge is -2.15. The minimum absolute atomic E-state index is 0.154. The molecule has 2 aromatic rings. The van der Waals surface area contributed by atoms with Crippen molar-refractivity contribution < 1.29 is 14.3 Å². The number of ether oxygens (including phenoxy) is 2. The van der Waals surface area contributed by atoms with Crippen molar-refractivity contribution in [2.24, 2.45) is 0 Å². The standard InChI is InChI=1S/C19H18Cl2N2O3/c1-25-17-11-13(7-9-23-18(24)6-8-22)10-16(21)19(17)26-12-14-4-2-3-5-15(14)20/h2-5,10-11H,6-7,9,12H2,1H3,(H,23,24). The van der Waals surface area contributed by atoms with E-state index in [1.807, 2.05) is 24.3 Å². The number of carbonyl (C=O) groups is 1. The zero-order valence-electron chi connectivity index (χ0n) is 14.2. The van der Waals surface area contributed by atoms with Gasteiger partial charge in [-0.05, 0) is 30.2 Å². The van der Waals surface area contributed by atoms with E-state index < -0.39 is 0 Å². The third-order valence-corrected chi connectivity index (χ3v) is 4.24. The van der Waals surface area contributed by atoms with E-state index in [2.05, 4.69) is 5.32 Å². The van der Waals surface area contributed by atoms with Crippen LogP contribution in [0.25, 0.3) is 0 Å². The van der Waals surface area contributed by atoms with Gasteiger partial charge in [-0.15, -0.1) is 0 Å². The SMILES string of the molecule is COc1cc(CCNC(=O)CC#N)cc(Cl)c1OCc1ccccc1Cl. The fraction of sp³-hybridized carbons (Fsp3) is 0.263. The van der Waals surface area contributed by atoms with Crippen LogP contribution in [0.2, 0.25) is 10.0 Å². The van der Waals surface area contributed by atoms with Crippen LogP contribution in [-0.2, 0) is 17.8 Å². The summed E-state index contributed by atoms with van der Waals surface area (Å²) in [7, 11) is 1.53. The van der Waals surface area contributed by atoms with E-state index >= 15 is 0 Å². The van der Waals surface area contributed by atoms with Crippen LogP contribution in [0, 0.1) is 11.3 Å². The first-order valence-electron chi connectivity index (χ1n) is 7.91. The number of hydrogen-bond donors (Lipinski definition) is 1. The molecule has 0 spiro atoms. The zero-order valence-corrected chi connectivity index (χ0v) is 15.7. The van der Waals surface area contributed by atoms with Crippen molar-refractivity contribution in [3.8, 4) is 17.6 Å². The van der Waals surface area contributed by atoms with E-state index in [4.69, 9.17) is 37.9 Å². The minimum Gasteiger partial charge on any atom is -0.493 e. The van der Waals surface area contributed by atoms with Gasteiger partial charge >= 0.3 is 0 Å². The van der Waals surface area contributed by atoms with Crippen LogP contribution in [0.3, 0.4) is 0 Å². The summed E-state index contributed by atoms with van der Waals surface area (Å²) in [5, 5.41) is 12.2. The molecular formula is C19H18Cl2N2O3. The maximum Gasteiger partial charge on any atom is 0.234 e. The number of nitriles is 1. The molecule has 0 radical (unpaired) electrons. The van der Waals surface area contributed by atoms with Gasteiger partial charge in [0.25, 0.3) is 0 Å². The Hall–Kier alpha value is -2.42. The summed E-state index contributed by atoms with van der Waals surface area (Å²) in [6.07, 6.45) is 0.400. The van der Waals surface area contributed by atoms with Crippen LogP contribution in [0.5, 0.6) is 11.5 Å². The number of hydrogen-bond acceptors (Lipinski definition) is 4. The van der Waals surface area contributed by atoms with Crippen molar-refractivity contribution in [3.63, 3.8) is 0 Å². The van der Waals surface area contributed by atoms with Crippen LogP contribution in [0.15, 0.2) is 36.4 Å². The van der Waals surface area contributed by atoms with Crippen LogP contribution in [-0.4, -0.2) is 19.6 Å². The third-order valence-electron chi connectivity index (χ3n) is 3.59. The number of carbonyl (C=O) groups excluding carboxylic acids is 1. The maximum absolute atomic E-state index is 11.3. The Kier molecular flexibility index (Phi) is 7.58. The van der Waals surface area contributed by atoms with Crippen LogP contribution >= 0.6 is 23.2 Å². The van der Waals surface area contributed by atoms with Gasteiger partial charge in [0, 0.05) is 17.1 Å². The number of amides is 1. The molecule has 0 aliphatic carbocycles. The minimum atomic E-state index is -0.301. The van der Waals surface area contributed by atoms with E-state index in [0.717, 1.165) is 11.1 Å². The summed E-state index contributed by atoms with van der Waals surface area (Å²) >= 11 is 12.5. The van der Waals surface area contributed by atoms with E-state index in [1.54, 1.807) is 18.2 Å². The lowest BCUT2D eigenvalue weighted by molar-refractivity contribution is -0.120. The number of nitrogens with zero attached hydrogens (tertiary/aromatic N) is 1. The Labute approximate surface area is 162 Å². The molecule has 1 N–H and O–H groups in total. The van der Waals surface area contributed by atoms with Crippen molar-refractivity contribution in [1.29, 1.82) is 5.26 Å². The van der Waals surface area contributed by atoms with Gasteiger partial charge in [-0.2, -0.15) is 5.26 Å². The predicted molar refractivity (Wildman–Crippen MR) is 101 cm³/mol. The summed E-state index contributed by atoms with van der Waals surface area (Å²) < 4.78 is 11.2. The first kappa shape index (κ1) is 19.9. The average Bonchev–Trinajstić information content (AvgIpc) is 2.62. The molecule has 26 heavy (non-hydrogen) atoms. The quantitative estimate of drug-likeness (QED) is 0.731. The maximum atomic E-state index is 11.3. The van der Waals surface area contributed by atoms with Crippen LogP contribution in [0.1, 0.15) is 17.5 Å². The van der Waals surface area contributed by atoms with Crippen LogP contribution < -0.4 is 14.8 Å². The summed E-state index contributed by atoms with van der Waals surface area (Å²) in [4.78, 5) is 11.3. The smallest absolute Gasteiger partial charge is 0.234 e. The number of benzene rings is 2. The molecule has 1 amide bonds. The summed E-state index contributed by atoms with van der Waals surface area (Å²) in [5.74, 6) is 0.638. The molecule has 0 fully saturated rings. The Balaban J connectivity index is 2.05. The Morgan fingerprint density at radius 1 is 1.23 bits per heavy atom. The molecule has 2 aromatic carbocycles. The summed E-state index contributed by atoms with van der Waals surface area (Å²) in [6, 6.07) is 12.8. The second kappa shape index (κ2) is 9.91. The lowest BCUT2D eigenvalue weighted by atomic mass is 10.1. The second-order valence-corrected chi connectivity index (χ2v) is 6.24. The summed E-state index contributed by atoms with van der Waals surface area (Å²) in [5.41, 5.74) is 1.73. The van der Waals surface area contributed by atoms with Gasteiger partial charge < -0.3 is 14.8 Å². The predicted octanol–water partition coefficient (Wildman–Crippen LogP) is 4.15. The number of methoxy groups -OCH3 is 1. The van der Waals surface area contributed by atoms with Crippen molar-refractivity contribution in [2.45, 2.75) is 19.4 Å². The van der Waals surface area contributed by atoms with Crippen molar-refractivity contribution >= 4 is 29.1 Å². The highest BCUT2D eigenvalue weighted by Gasteiger charge is 2.13. The topological polar surface area (TPSA) is 71.3 Å². The average molecular weight is 393 g/mol. The largest absolute Gasteiger partial charge is 0.493 e. The molecule has 0 atom stereocenters. The normalized spacial score (nSPS) is 10.1. The van der Waals surface area contributed by atoms with Gasteiger partial charge in [0.1, 0.15) is 13.0 Å². The molecular weight excluding hydrogens is 375 g/mol. The zero-order chi connectivity index (χ0) is 18.9. The molecule has 0 bridgehead atoms. The highest BCUT2D eigenvalue weighted by atomic mass is 35.5. The van der Waals surface area contributed by atoms with Crippen molar-refractivity contribution in [3.05, 3.63) is 57.6 Å². The molecule has 0 heterocycles. The summed E-state index contributed by atoms with van der Waals surface area (Å²) in [6.45, 7) is 0.666. The first-order chi connectivity index (χ1) is 12.5. The van der Waals surface area contributed by atoms with Gasteiger partial charge in [-0.1, -0.05) is 41.4 Å². The molecule has 0 aromatic heterocycles. The van der Waals surface area contributed by atoms with E-state index in [9.17, 15) is 4.79 Å². The Bertz CT molecular complexity index is 819. The van der Waals surface area contributed by atoms with Crippen molar-refractivity contribution in [1.82, 2.24) is 5.32 Å². The molecule has 0 saturated carbocycles. The number of rotatable bonds is 8.